The van der Waals surface area contributed by atoms with Crippen LogP contribution in [0, 0.1) is 0 Å². The van der Waals surface area contributed by atoms with Crippen molar-refractivity contribution in [1.29, 1.82) is 0 Å². The number of rotatable bonds is 2. The van der Waals surface area contributed by atoms with Crippen molar-refractivity contribution in [3.8, 4) is 0 Å². The molecule has 1 aliphatic rings. The van der Waals surface area contributed by atoms with Gasteiger partial charge in [-0.3, -0.25) is 4.79 Å². The molecule has 96 valence electrons. The van der Waals surface area contributed by atoms with Gasteiger partial charge in [-0.1, -0.05) is 19.1 Å². The second-order valence-electron chi connectivity index (χ2n) is 5.17. The molecule has 1 rings (SSSR count). The van der Waals surface area contributed by atoms with E-state index in [1.54, 1.807) is 27.7 Å². The molecule has 0 N–H and O–H groups in total. The fourth-order valence-electron chi connectivity index (χ4n) is 1.74. The van der Waals surface area contributed by atoms with Crippen LogP contribution in [-0.4, -0.2) is 28.5 Å². The second kappa shape index (κ2) is 5.34. The molecule has 4 nitrogen and oxygen atoms in total. The van der Waals surface area contributed by atoms with Crippen molar-refractivity contribution in [2.45, 2.75) is 58.6 Å². The lowest BCUT2D eigenvalue weighted by atomic mass is 10.2. The molecule has 0 heterocycles. The molecule has 0 saturated carbocycles. The number of carbonyl (C=O) groups is 2. The number of carbonyl (C=O) groups excluding carboxylic acids is 2. The van der Waals surface area contributed by atoms with Crippen LogP contribution in [0.25, 0.3) is 0 Å². The van der Waals surface area contributed by atoms with E-state index in [4.69, 9.17) is 4.74 Å². The maximum atomic E-state index is 12.0. The molecule has 0 saturated heterocycles. The smallest absolute Gasteiger partial charge is 0.417 e. The van der Waals surface area contributed by atoms with Crippen molar-refractivity contribution in [2.24, 2.45) is 0 Å². The average molecular weight is 239 g/mol. The lowest BCUT2D eigenvalue weighted by Crippen LogP contribution is -2.45. The lowest BCUT2D eigenvalue weighted by molar-refractivity contribution is -0.131. The molecule has 0 fully saturated rings. The molecule has 0 radical (unpaired) electrons. The van der Waals surface area contributed by atoms with Crippen LogP contribution >= 0.6 is 0 Å². The van der Waals surface area contributed by atoms with Gasteiger partial charge in [0, 0.05) is 6.42 Å². The van der Waals surface area contributed by atoms with E-state index in [-0.39, 0.29) is 11.9 Å². The van der Waals surface area contributed by atoms with Crippen molar-refractivity contribution in [2.75, 3.05) is 0 Å². The van der Waals surface area contributed by atoms with Crippen molar-refractivity contribution in [3.05, 3.63) is 12.2 Å². The molecule has 0 spiro atoms. The number of amides is 2. The maximum Gasteiger partial charge on any atom is 0.417 e. The Morgan fingerprint density at radius 3 is 2.47 bits per heavy atom. The number of hydrogen-bond donors (Lipinski definition) is 0. The minimum Gasteiger partial charge on any atom is -0.443 e. The summed E-state index contributed by atoms with van der Waals surface area (Å²) in [5.74, 6) is -0.184. The Morgan fingerprint density at radius 2 is 2.06 bits per heavy atom. The third-order valence-corrected chi connectivity index (χ3v) is 2.48. The van der Waals surface area contributed by atoms with E-state index < -0.39 is 11.7 Å². The normalized spacial score (nSPS) is 19.2. The topological polar surface area (TPSA) is 46.6 Å². The number of allylic oxidation sites excluding steroid dienone is 1. The van der Waals surface area contributed by atoms with Gasteiger partial charge >= 0.3 is 6.09 Å². The molecule has 1 unspecified atom stereocenters. The molecule has 17 heavy (non-hydrogen) atoms. The first-order valence-electron chi connectivity index (χ1n) is 6.07. The maximum absolute atomic E-state index is 12.0. The predicted molar refractivity (Wildman–Crippen MR) is 65.5 cm³/mol. The van der Waals surface area contributed by atoms with Gasteiger partial charge in [-0.25, -0.2) is 9.69 Å². The minimum absolute atomic E-state index is 0.141. The fourth-order valence-corrected chi connectivity index (χ4v) is 1.74. The highest BCUT2D eigenvalue weighted by molar-refractivity contribution is 5.92. The lowest BCUT2D eigenvalue weighted by Gasteiger charge is -2.29. The van der Waals surface area contributed by atoms with E-state index in [9.17, 15) is 9.59 Å². The number of ether oxygens (including phenoxy) is 1. The average Bonchev–Trinajstić information content (AvgIpc) is 2.68. The summed E-state index contributed by atoms with van der Waals surface area (Å²) in [5, 5.41) is 0. The summed E-state index contributed by atoms with van der Waals surface area (Å²) in [7, 11) is 0. The Balaban J connectivity index is 2.79. The largest absolute Gasteiger partial charge is 0.443 e. The summed E-state index contributed by atoms with van der Waals surface area (Å²) in [5.41, 5.74) is -0.578. The molecule has 0 aromatic rings. The quantitative estimate of drug-likeness (QED) is 0.696. The molecular weight excluding hydrogens is 218 g/mol. The first kappa shape index (κ1) is 13.7. The Kier molecular flexibility index (Phi) is 4.32. The highest BCUT2D eigenvalue weighted by Crippen LogP contribution is 2.20. The summed E-state index contributed by atoms with van der Waals surface area (Å²) in [6.45, 7) is 7.14. The van der Waals surface area contributed by atoms with Crippen LogP contribution in [0.3, 0.4) is 0 Å². The van der Waals surface area contributed by atoms with Gasteiger partial charge in [0.25, 0.3) is 0 Å². The minimum atomic E-state index is -0.578. The number of hydrogen-bond acceptors (Lipinski definition) is 3. The van der Waals surface area contributed by atoms with Crippen molar-refractivity contribution >= 4 is 12.0 Å². The summed E-state index contributed by atoms with van der Waals surface area (Å²) in [6.07, 6.45) is 5.36. The molecule has 1 aliphatic carbocycles. The number of nitrogens with zero attached hydrogens (tertiary/aromatic N) is 1. The van der Waals surface area contributed by atoms with E-state index in [0.717, 1.165) is 12.8 Å². The summed E-state index contributed by atoms with van der Waals surface area (Å²) >= 11 is 0. The van der Waals surface area contributed by atoms with Gasteiger partial charge < -0.3 is 4.74 Å². The Morgan fingerprint density at radius 1 is 1.41 bits per heavy atom. The van der Waals surface area contributed by atoms with Gasteiger partial charge in [0.05, 0.1) is 6.04 Å². The van der Waals surface area contributed by atoms with Crippen molar-refractivity contribution in [3.63, 3.8) is 0 Å². The van der Waals surface area contributed by atoms with Crippen LogP contribution in [0.4, 0.5) is 4.79 Å². The van der Waals surface area contributed by atoms with Gasteiger partial charge in [0.1, 0.15) is 5.60 Å². The third-order valence-electron chi connectivity index (χ3n) is 2.48. The van der Waals surface area contributed by atoms with Crippen molar-refractivity contribution < 1.29 is 14.3 Å². The first-order chi connectivity index (χ1) is 7.85. The molecule has 4 heteroatoms. The van der Waals surface area contributed by atoms with Gasteiger partial charge in [-0.05, 0) is 33.6 Å². The van der Waals surface area contributed by atoms with Crippen LogP contribution in [0.15, 0.2) is 12.2 Å². The molecule has 1 atom stereocenters. The van der Waals surface area contributed by atoms with Gasteiger partial charge in [0.2, 0.25) is 5.91 Å². The monoisotopic (exact) mass is 239 g/mol. The van der Waals surface area contributed by atoms with E-state index in [0.29, 0.717) is 6.42 Å². The van der Waals surface area contributed by atoms with E-state index >= 15 is 0 Å². The van der Waals surface area contributed by atoms with Gasteiger partial charge in [-0.2, -0.15) is 0 Å². The zero-order valence-corrected chi connectivity index (χ0v) is 11.0. The SMILES string of the molecule is CCC(=O)N(C(=O)OC(C)(C)C)C1C=CCC1. The molecular formula is C13H21NO3. The molecule has 0 aromatic carbocycles. The van der Waals surface area contributed by atoms with Crippen LogP contribution in [0.5, 0.6) is 0 Å². The zero-order chi connectivity index (χ0) is 13.1. The van der Waals surface area contributed by atoms with Crippen LogP contribution < -0.4 is 0 Å². The molecule has 0 bridgehead atoms. The van der Waals surface area contributed by atoms with Crippen molar-refractivity contribution in [1.82, 2.24) is 4.90 Å². The van der Waals surface area contributed by atoms with Crippen LogP contribution in [0.1, 0.15) is 47.0 Å². The zero-order valence-electron chi connectivity index (χ0n) is 11.0. The van der Waals surface area contributed by atoms with E-state index in [1.165, 1.54) is 4.90 Å². The summed E-state index contributed by atoms with van der Waals surface area (Å²) in [6, 6.07) is -0.141. The second-order valence-corrected chi connectivity index (χ2v) is 5.17. The fraction of sp³-hybridized carbons (Fsp3) is 0.692. The summed E-state index contributed by atoms with van der Waals surface area (Å²) < 4.78 is 5.27. The molecule has 0 aromatic heterocycles. The van der Waals surface area contributed by atoms with E-state index in [1.807, 2.05) is 12.2 Å². The molecule has 2 amide bonds. The Hall–Kier alpha value is -1.32. The predicted octanol–water partition coefficient (Wildman–Crippen LogP) is 2.88. The summed E-state index contributed by atoms with van der Waals surface area (Å²) in [4.78, 5) is 25.1. The standard InChI is InChI=1S/C13H21NO3/c1-5-11(15)14(10-8-6-7-9-10)12(16)17-13(2,3)4/h6,8,10H,5,7,9H2,1-4H3. The van der Waals surface area contributed by atoms with Gasteiger partial charge in [-0.15, -0.1) is 0 Å². The van der Waals surface area contributed by atoms with E-state index in [2.05, 4.69) is 0 Å². The van der Waals surface area contributed by atoms with Crippen LogP contribution in [-0.2, 0) is 9.53 Å². The van der Waals surface area contributed by atoms with Gasteiger partial charge in [0.15, 0.2) is 0 Å². The Bertz CT molecular complexity index is 328. The highest BCUT2D eigenvalue weighted by Gasteiger charge is 2.32. The Labute approximate surface area is 103 Å². The molecule has 0 aliphatic heterocycles. The third kappa shape index (κ3) is 3.88. The number of imide groups is 1. The van der Waals surface area contributed by atoms with Crippen LogP contribution in [0.2, 0.25) is 0 Å². The first-order valence-corrected chi connectivity index (χ1v) is 6.07. The highest BCUT2D eigenvalue weighted by atomic mass is 16.6.